The van der Waals surface area contributed by atoms with Crippen LogP contribution in [0.1, 0.15) is 39.6 Å². The molecule has 0 saturated carbocycles. The fourth-order valence-electron chi connectivity index (χ4n) is 3.20. The van der Waals surface area contributed by atoms with E-state index in [4.69, 9.17) is 21.1 Å². The Kier molecular flexibility index (Phi) is 7.83. The number of morpholine rings is 1. The van der Waals surface area contributed by atoms with Crippen LogP contribution in [0.5, 0.6) is 0 Å². The SMILES string of the molecule is CCCc1ccc(C(=O)COC(=O)c2ccc(Cl)c(S(=O)(=O)N3CCOCC3)c2)cc1. The number of carbonyl (C=O) groups is 2. The van der Waals surface area contributed by atoms with Gasteiger partial charge in [-0.15, -0.1) is 0 Å². The van der Waals surface area contributed by atoms with Gasteiger partial charge in [0.15, 0.2) is 12.4 Å². The molecule has 7 nitrogen and oxygen atoms in total. The summed E-state index contributed by atoms with van der Waals surface area (Å²) in [5.74, 6) is -1.14. The van der Waals surface area contributed by atoms with Crippen LogP contribution >= 0.6 is 11.6 Å². The van der Waals surface area contributed by atoms with Crippen LogP contribution < -0.4 is 0 Å². The van der Waals surface area contributed by atoms with Gasteiger partial charge in [-0.05, 0) is 30.2 Å². The number of sulfonamides is 1. The first-order chi connectivity index (χ1) is 14.8. The highest BCUT2D eigenvalue weighted by Crippen LogP contribution is 2.27. The number of nitrogens with zero attached hydrogens (tertiary/aromatic N) is 1. The third-order valence-corrected chi connectivity index (χ3v) is 7.28. The van der Waals surface area contributed by atoms with Crippen LogP contribution in [0.2, 0.25) is 5.02 Å². The summed E-state index contributed by atoms with van der Waals surface area (Å²) in [5, 5.41) is 0.00582. The van der Waals surface area contributed by atoms with Crippen LogP contribution in [0.15, 0.2) is 47.4 Å². The predicted octanol–water partition coefficient (Wildman–Crippen LogP) is 3.35. The first-order valence-corrected chi connectivity index (χ1v) is 11.8. The van der Waals surface area contributed by atoms with Gasteiger partial charge in [-0.1, -0.05) is 49.2 Å². The quantitative estimate of drug-likeness (QED) is 0.438. The highest BCUT2D eigenvalue weighted by atomic mass is 35.5. The summed E-state index contributed by atoms with van der Waals surface area (Å²) in [4.78, 5) is 24.6. The molecule has 1 aliphatic rings. The van der Waals surface area contributed by atoms with Crippen molar-refractivity contribution < 1.29 is 27.5 Å². The number of hydrogen-bond acceptors (Lipinski definition) is 6. The summed E-state index contributed by atoms with van der Waals surface area (Å²) < 4.78 is 37.3. The maximum Gasteiger partial charge on any atom is 0.338 e. The Morgan fingerprint density at radius 2 is 1.71 bits per heavy atom. The van der Waals surface area contributed by atoms with Crippen LogP contribution in [0.4, 0.5) is 0 Å². The summed E-state index contributed by atoms with van der Waals surface area (Å²) in [6, 6.07) is 11.0. The van der Waals surface area contributed by atoms with Crippen LogP contribution in [-0.2, 0) is 25.9 Å². The Morgan fingerprint density at radius 1 is 1.06 bits per heavy atom. The van der Waals surface area contributed by atoms with Gasteiger partial charge in [0, 0.05) is 18.7 Å². The zero-order valence-corrected chi connectivity index (χ0v) is 18.7. The van der Waals surface area contributed by atoms with Crippen molar-refractivity contribution in [1.82, 2.24) is 4.31 Å². The molecule has 0 spiro atoms. The van der Waals surface area contributed by atoms with Gasteiger partial charge in [-0.25, -0.2) is 13.2 Å². The molecule has 1 fully saturated rings. The van der Waals surface area contributed by atoms with Gasteiger partial charge in [-0.3, -0.25) is 4.79 Å². The van der Waals surface area contributed by atoms with Gasteiger partial charge in [0.2, 0.25) is 10.0 Å². The zero-order chi connectivity index (χ0) is 22.4. The van der Waals surface area contributed by atoms with Crippen molar-refractivity contribution in [3.05, 3.63) is 64.2 Å². The first kappa shape index (κ1) is 23.4. The molecule has 0 amide bonds. The lowest BCUT2D eigenvalue weighted by Gasteiger charge is -2.26. The molecule has 0 atom stereocenters. The molecule has 9 heteroatoms. The van der Waals surface area contributed by atoms with Crippen LogP contribution in [-0.4, -0.2) is 57.4 Å². The average Bonchev–Trinajstić information content (AvgIpc) is 2.78. The number of aryl methyl sites for hydroxylation is 1. The van der Waals surface area contributed by atoms with Crippen molar-refractivity contribution in [3.8, 4) is 0 Å². The van der Waals surface area contributed by atoms with Crippen molar-refractivity contribution in [2.24, 2.45) is 0 Å². The molecular weight excluding hydrogens is 442 g/mol. The van der Waals surface area contributed by atoms with Crippen molar-refractivity contribution in [2.75, 3.05) is 32.9 Å². The predicted molar refractivity (Wildman–Crippen MR) is 116 cm³/mol. The van der Waals surface area contributed by atoms with Gasteiger partial charge >= 0.3 is 5.97 Å². The molecule has 0 bridgehead atoms. The molecule has 1 aliphatic heterocycles. The normalized spacial score (nSPS) is 14.9. The monoisotopic (exact) mass is 465 g/mol. The van der Waals surface area contributed by atoms with E-state index in [2.05, 4.69) is 6.92 Å². The molecule has 0 aliphatic carbocycles. The summed E-state index contributed by atoms with van der Waals surface area (Å²) >= 11 is 6.10. The Morgan fingerprint density at radius 3 is 2.35 bits per heavy atom. The maximum atomic E-state index is 12.9. The fourth-order valence-corrected chi connectivity index (χ4v) is 5.11. The third kappa shape index (κ3) is 5.71. The molecule has 1 heterocycles. The van der Waals surface area contributed by atoms with E-state index in [0.717, 1.165) is 18.4 Å². The van der Waals surface area contributed by atoms with Crippen molar-refractivity contribution >= 4 is 33.4 Å². The Hall–Kier alpha value is -2.26. The number of halogens is 1. The number of rotatable bonds is 8. The van der Waals surface area contributed by atoms with E-state index in [0.29, 0.717) is 18.8 Å². The minimum absolute atomic E-state index is 0.00216. The molecule has 166 valence electrons. The highest BCUT2D eigenvalue weighted by molar-refractivity contribution is 7.89. The lowest BCUT2D eigenvalue weighted by Crippen LogP contribution is -2.40. The summed E-state index contributed by atoms with van der Waals surface area (Å²) in [5.41, 5.74) is 1.58. The number of hydrogen-bond donors (Lipinski definition) is 0. The fraction of sp³-hybridized carbons (Fsp3) is 0.364. The molecule has 1 saturated heterocycles. The van der Waals surface area contributed by atoms with E-state index < -0.39 is 22.6 Å². The number of Topliss-reactive ketones (excluding diaryl/α,β-unsaturated/α-hetero) is 1. The number of esters is 1. The summed E-state index contributed by atoms with van der Waals surface area (Å²) in [7, 11) is -3.89. The van der Waals surface area contributed by atoms with Gasteiger partial charge in [0.25, 0.3) is 0 Å². The Balaban J connectivity index is 1.69. The molecule has 2 aromatic carbocycles. The van der Waals surface area contributed by atoms with Gasteiger partial charge in [0.05, 0.1) is 23.8 Å². The number of benzene rings is 2. The van der Waals surface area contributed by atoms with E-state index in [1.807, 2.05) is 12.1 Å². The van der Waals surface area contributed by atoms with Crippen LogP contribution in [0.25, 0.3) is 0 Å². The standard InChI is InChI=1S/C22H24ClNO6S/c1-2-3-16-4-6-17(7-5-16)20(25)15-30-22(26)18-8-9-19(23)21(14-18)31(27,28)24-10-12-29-13-11-24/h4-9,14H,2-3,10-13,15H2,1H3. The second kappa shape index (κ2) is 10.4. The molecule has 0 radical (unpaired) electrons. The lowest BCUT2D eigenvalue weighted by molar-refractivity contribution is 0.0474. The smallest absolute Gasteiger partial charge is 0.338 e. The van der Waals surface area contributed by atoms with E-state index in [-0.39, 0.29) is 34.4 Å². The minimum atomic E-state index is -3.89. The van der Waals surface area contributed by atoms with E-state index in [9.17, 15) is 18.0 Å². The number of ketones is 1. The summed E-state index contributed by atoms with van der Waals surface area (Å²) in [6.07, 6.45) is 1.94. The third-order valence-electron chi connectivity index (χ3n) is 4.90. The number of ether oxygens (including phenoxy) is 2. The van der Waals surface area contributed by atoms with Crippen LogP contribution in [0.3, 0.4) is 0 Å². The zero-order valence-electron chi connectivity index (χ0n) is 17.2. The highest BCUT2D eigenvalue weighted by Gasteiger charge is 2.29. The molecule has 31 heavy (non-hydrogen) atoms. The maximum absolute atomic E-state index is 12.9. The van der Waals surface area contributed by atoms with Crippen molar-refractivity contribution in [2.45, 2.75) is 24.7 Å². The van der Waals surface area contributed by atoms with Crippen molar-refractivity contribution in [3.63, 3.8) is 0 Å². The van der Waals surface area contributed by atoms with E-state index in [1.54, 1.807) is 12.1 Å². The minimum Gasteiger partial charge on any atom is -0.454 e. The lowest BCUT2D eigenvalue weighted by atomic mass is 10.1. The van der Waals surface area contributed by atoms with E-state index in [1.165, 1.54) is 22.5 Å². The second-order valence-corrected chi connectivity index (χ2v) is 9.42. The summed E-state index contributed by atoms with van der Waals surface area (Å²) in [6.45, 7) is 2.63. The molecule has 2 aromatic rings. The molecule has 0 N–H and O–H groups in total. The van der Waals surface area contributed by atoms with Gasteiger partial charge in [0.1, 0.15) is 4.90 Å². The molecule has 0 unspecified atom stereocenters. The van der Waals surface area contributed by atoms with Gasteiger partial charge in [-0.2, -0.15) is 4.31 Å². The molecule has 0 aromatic heterocycles. The average molecular weight is 466 g/mol. The van der Waals surface area contributed by atoms with E-state index >= 15 is 0 Å². The van der Waals surface area contributed by atoms with Crippen LogP contribution in [0, 0.1) is 0 Å². The van der Waals surface area contributed by atoms with Gasteiger partial charge < -0.3 is 9.47 Å². The first-order valence-electron chi connectivity index (χ1n) is 9.99. The Bertz CT molecular complexity index is 1050. The topological polar surface area (TPSA) is 90.0 Å². The second-order valence-electron chi connectivity index (χ2n) is 7.11. The van der Waals surface area contributed by atoms with Crippen molar-refractivity contribution in [1.29, 1.82) is 0 Å². The largest absolute Gasteiger partial charge is 0.454 e. The number of carbonyl (C=O) groups excluding carboxylic acids is 2. The Labute approximate surface area is 187 Å². The molecule has 3 rings (SSSR count). The molecular formula is C22H24ClNO6S.